The molecule has 1 atom stereocenters. The van der Waals surface area contributed by atoms with E-state index < -0.39 is 0 Å². The van der Waals surface area contributed by atoms with Gasteiger partial charge in [0.25, 0.3) is 0 Å². The van der Waals surface area contributed by atoms with Gasteiger partial charge < -0.3 is 9.64 Å². The number of hydrogen-bond acceptors (Lipinski definition) is 3. The van der Waals surface area contributed by atoms with Crippen LogP contribution in [-0.2, 0) is 9.53 Å². The Morgan fingerprint density at radius 3 is 2.65 bits per heavy atom. The topological polar surface area (TPSA) is 29.5 Å². The Balaban J connectivity index is 2.31. The first-order valence-electron chi connectivity index (χ1n) is 6.84. The Bertz CT molecular complexity index is 245. The van der Waals surface area contributed by atoms with Crippen LogP contribution >= 0.6 is 0 Å². The average molecular weight is 241 g/mol. The molecule has 1 fully saturated rings. The summed E-state index contributed by atoms with van der Waals surface area (Å²) in [5.74, 6) is -0.0750. The van der Waals surface area contributed by atoms with Crippen molar-refractivity contribution in [2.45, 2.75) is 71.4 Å². The van der Waals surface area contributed by atoms with Crippen LogP contribution in [0, 0.1) is 0 Å². The molecule has 0 N–H and O–H groups in total. The van der Waals surface area contributed by atoms with E-state index in [4.69, 9.17) is 4.74 Å². The van der Waals surface area contributed by atoms with Gasteiger partial charge in [0.2, 0.25) is 0 Å². The second-order valence-corrected chi connectivity index (χ2v) is 6.07. The molecular weight excluding hydrogens is 214 g/mol. The van der Waals surface area contributed by atoms with E-state index in [-0.39, 0.29) is 11.6 Å². The van der Waals surface area contributed by atoms with Gasteiger partial charge in [0.1, 0.15) is 5.60 Å². The van der Waals surface area contributed by atoms with Gasteiger partial charge in [0.05, 0.1) is 6.42 Å². The van der Waals surface area contributed by atoms with E-state index in [1.54, 1.807) is 0 Å². The van der Waals surface area contributed by atoms with Gasteiger partial charge in [-0.3, -0.25) is 4.79 Å². The van der Waals surface area contributed by atoms with Crippen LogP contribution in [0.5, 0.6) is 0 Å². The smallest absolute Gasteiger partial charge is 0.307 e. The molecule has 1 unspecified atom stereocenters. The number of carbonyl (C=O) groups is 1. The van der Waals surface area contributed by atoms with E-state index in [1.165, 1.54) is 25.7 Å². The Morgan fingerprint density at radius 2 is 2.00 bits per heavy atom. The average Bonchev–Trinajstić information content (AvgIpc) is 2.37. The number of carbonyl (C=O) groups excluding carboxylic acids is 1. The fraction of sp³-hybridized carbons (Fsp3) is 0.929. The molecule has 17 heavy (non-hydrogen) atoms. The van der Waals surface area contributed by atoms with Crippen molar-refractivity contribution in [3.63, 3.8) is 0 Å². The third kappa shape index (κ3) is 6.06. The minimum atomic E-state index is -0.360. The van der Waals surface area contributed by atoms with E-state index >= 15 is 0 Å². The van der Waals surface area contributed by atoms with Gasteiger partial charge in [-0.2, -0.15) is 0 Å². The molecule has 3 nitrogen and oxygen atoms in total. The molecule has 0 saturated carbocycles. The zero-order valence-electron chi connectivity index (χ0n) is 11.8. The monoisotopic (exact) mass is 241 g/mol. The van der Waals surface area contributed by atoms with Crippen molar-refractivity contribution in [2.24, 2.45) is 0 Å². The first-order valence-corrected chi connectivity index (χ1v) is 6.84. The highest BCUT2D eigenvalue weighted by molar-refractivity contribution is 5.70. The molecule has 3 heteroatoms. The van der Waals surface area contributed by atoms with Gasteiger partial charge in [-0.05, 0) is 47.1 Å². The maximum Gasteiger partial charge on any atom is 0.307 e. The van der Waals surface area contributed by atoms with Crippen molar-refractivity contribution < 1.29 is 9.53 Å². The summed E-state index contributed by atoms with van der Waals surface area (Å²) in [6.45, 7) is 9.98. The maximum absolute atomic E-state index is 11.6. The Labute approximate surface area is 106 Å². The van der Waals surface area contributed by atoms with Crippen molar-refractivity contribution in [3.05, 3.63) is 0 Å². The summed E-state index contributed by atoms with van der Waals surface area (Å²) in [6, 6.07) is 0.611. The lowest BCUT2D eigenvalue weighted by Crippen LogP contribution is -2.35. The van der Waals surface area contributed by atoms with Crippen molar-refractivity contribution in [1.29, 1.82) is 0 Å². The first kappa shape index (κ1) is 14.5. The lowest BCUT2D eigenvalue weighted by atomic mass is 10.1. The van der Waals surface area contributed by atoms with Crippen LogP contribution in [0.15, 0.2) is 0 Å². The standard InChI is InChI=1S/C14H27NO2/c1-12-8-6-5-7-10-15(12)11-9-13(16)17-14(2,3)4/h12H,5-11H2,1-4H3. The third-order valence-corrected chi connectivity index (χ3v) is 3.21. The highest BCUT2D eigenvalue weighted by Crippen LogP contribution is 2.17. The SMILES string of the molecule is CC1CCCCCN1CCC(=O)OC(C)(C)C. The second-order valence-electron chi connectivity index (χ2n) is 6.07. The van der Waals surface area contributed by atoms with Gasteiger partial charge in [0, 0.05) is 12.6 Å². The van der Waals surface area contributed by atoms with Crippen molar-refractivity contribution in [2.75, 3.05) is 13.1 Å². The van der Waals surface area contributed by atoms with Gasteiger partial charge in [-0.25, -0.2) is 0 Å². The van der Waals surface area contributed by atoms with E-state index in [2.05, 4.69) is 11.8 Å². The van der Waals surface area contributed by atoms with Crippen LogP contribution < -0.4 is 0 Å². The van der Waals surface area contributed by atoms with E-state index in [1.807, 2.05) is 20.8 Å². The summed E-state index contributed by atoms with van der Waals surface area (Å²) >= 11 is 0. The largest absolute Gasteiger partial charge is 0.460 e. The summed E-state index contributed by atoms with van der Waals surface area (Å²) in [6.07, 6.45) is 5.69. The van der Waals surface area contributed by atoms with Gasteiger partial charge in [-0.15, -0.1) is 0 Å². The molecule has 100 valence electrons. The van der Waals surface area contributed by atoms with E-state index in [0.717, 1.165) is 13.1 Å². The number of likely N-dealkylation sites (tertiary alicyclic amines) is 1. The van der Waals surface area contributed by atoms with E-state index in [9.17, 15) is 4.79 Å². The van der Waals surface area contributed by atoms with Gasteiger partial charge in [-0.1, -0.05) is 12.8 Å². The van der Waals surface area contributed by atoms with Crippen LogP contribution in [0.1, 0.15) is 59.8 Å². The minimum absolute atomic E-state index is 0.0750. The zero-order chi connectivity index (χ0) is 12.9. The molecular formula is C14H27NO2. The highest BCUT2D eigenvalue weighted by Gasteiger charge is 2.20. The summed E-state index contributed by atoms with van der Waals surface area (Å²) < 4.78 is 5.33. The molecule has 1 rings (SSSR count). The molecule has 0 spiro atoms. The van der Waals surface area contributed by atoms with Crippen LogP contribution in [0.2, 0.25) is 0 Å². The van der Waals surface area contributed by atoms with E-state index in [0.29, 0.717) is 12.5 Å². The number of esters is 1. The summed E-state index contributed by atoms with van der Waals surface area (Å²) in [7, 11) is 0. The second kappa shape index (κ2) is 6.39. The van der Waals surface area contributed by atoms with Crippen molar-refractivity contribution in [1.82, 2.24) is 4.90 Å². The summed E-state index contributed by atoms with van der Waals surface area (Å²) in [5.41, 5.74) is -0.360. The lowest BCUT2D eigenvalue weighted by Gasteiger charge is -2.27. The van der Waals surface area contributed by atoms with Crippen LogP contribution in [0.4, 0.5) is 0 Å². The Hall–Kier alpha value is -0.570. The van der Waals surface area contributed by atoms with Crippen LogP contribution in [0.3, 0.4) is 0 Å². The predicted molar refractivity (Wildman–Crippen MR) is 70.0 cm³/mol. The number of nitrogens with zero attached hydrogens (tertiary/aromatic N) is 1. The number of rotatable bonds is 3. The Morgan fingerprint density at radius 1 is 1.29 bits per heavy atom. The fourth-order valence-corrected chi connectivity index (χ4v) is 2.29. The van der Waals surface area contributed by atoms with Crippen LogP contribution in [-0.4, -0.2) is 35.6 Å². The number of hydrogen-bond donors (Lipinski definition) is 0. The first-order chi connectivity index (χ1) is 7.88. The quantitative estimate of drug-likeness (QED) is 0.711. The van der Waals surface area contributed by atoms with Gasteiger partial charge in [0.15, 0.2) is 0 Å². The summed E-state index contributed by atoms with van der Waals surface area (Å²) in [5, 5.41) is 0. The van der Waals surface area contributed by atoms with Crippen LogP contribution in [0.25, 0.3) is 0 Å². The third-order valence-electron chi connectivity index (χ3n) is 3.21. The normalized spacial score (nSPS) is 23.2. The molecule has 0 radical (unpaired) electrons. The summed E-state index contributed by atoms with van der Waals surface area (Å²) in [4.78, 5) is 14.1. The molecule has 1 aliphatic rings. The minimum Gasteiger partial charge on any atom is -0.460 e. The molecule has 0 aromatic carbocycles. The number of ether oxygens (including phenoxy) is 1. The van der Waals surface area contributed by atoms with Gasteiger partial charge >= 0.3 is 5.97 Å². The highest BCUT2D eigenvalue weighted by atomic mass is 16.6. The molecule has 0 aliphatic carbocycles. The lowest BCUT2D eigenvalue weighted by molar-refractivity contribution is -0.155. The Kier molecular flexibility index (Phi) is 5.44. The molecule has 1 heterocycles. The zero-order valence-corrected chi connectivity index (χ0v) is 11.8. The fourth-order valence-electron chi connectivity index (χ4n) is 2.29. The maximum atomic E-state index is 11.6. The molecule has 0 amide bonds. The van der Waals surface area contributed by atoms with Crippen molar-refractivity contribution >= 4 is 5.97 Å². The molecule has 1 saturated heterocycles. The molecule has 0 aromatic rings. The predicted octanol–water partition coefficient (Wildman–Crippen LogP) is 2.98. The molecule has 0 bridgehead atoms. The molecule has 0 aromatic heterocycles. The molecule has 1 aliphatic heterocycles. The van der Waals surface area contributed by atoms with Crippen molar-refractivity contribution in [3.8, 4) is 0 Å².